The number of anilines is 1. The second-order valence-electron chi connectivity index (χ2n) is 2.83. The van der Waals surface area contributed by atoms with Gasteiger partial charge >= 0.3 is 11.7 Å². The van der Waals surface area contributed by atoms with Crippen molar-refractivity contribution in [3.05, 3.63) is 33.6 Å². The van der Waals surface area contributed by atoms with Gasteiger partial charge in [0.25, 0.3) is 0 Å². The maximum atomic E-state index is 13.0. The predicted molar refractivity (Wildman–Crippen MR) is 53.4 cm³/mol. The monoisotopic (exact) mass is 228 g/mol. The number of nitrogen functional groups attached to an aromatic ring is 1. The molecule has 0 aliphatic carbocycles. The third-order valence-electron chi connectivity index (χ3n) is 1.84. The first-order valence-corrected chi connectivity index (χ1v) is 4.38. The number of hydrogen-bond acceptors (Lipinski definition) is 5. The van der Waals surface area contributed by atoms with Crippen LogP contribution in [0, 0.1) is 15.9 Å². The number of carbonyl (C=O) groups excluding carboxylic acids is 1. The minimum Gasteiger partial charge on any atom is -0.462 e. The van der Waals surface area contributed by atoms with Crippen LogP contribution >= 0.6 is 0 Å². The molecule has 0 heterocycles. The van der Waals surface area contributed by atoms with Gasteiger partial charge in [-0.15, -0.1) is 0 Å². The molecule has 1 rings (SSSR count). The van der Waals surface area contributed by atoms with E-state index in [-0.39, 0.29) is 12.2 Å². The van der Waals surface area contributed by atoms with E-state index in [1.165, 1.54) is 0 Å². The molecule has 16 heavy (non-hydrogen) atoms. The van der Waals surface area contributed by atoms with Crippen LogP contribution in [0.4, 0.5) is 15.8 Å². The number of rotatable bonds is 3. The van der Waals surface area contributed by atoms with Crippen molar-refractivity contribution in [2.45, 2.75) is 6.92 Å². The minimum absolute atomic E-state index is 0.0628. The predicted octanol–water partition coefficient (Wildman–Crippen LogP) is 1.49. The number of hydrogen-bond donors (Lipinski definition) is 1. The molecule has 0 aliphatic rings. The Morgan fingerprint density at radius 2 is 2.25 bits per heavy atom. The Bertz CT molecular complexity index is 447. The van der Waals surface area contributed by atoms with Crippen LogP contribution in [-0.4, -0.2) is 17.5 Å². The van der Waals surface area contributed by atoms with Crippen molar-refractivity contribution in [3.63, 3.8) is 0 Å². The van der Waals surface area contributed by atoms with E-state index in [9.17, 15) is 19.3 Å². The highest BCUT2D eigenvalue weighted by atomic mass is 19.1. The fraction of sp³-hybridized carbons (Fsp3) is 0.222. The molecule has 0 fully saturated rings. The maximum Gasteiger partial charge on any atom is 0.345 e. The molecule has 0 aliphatic heterocycles. The van der Waals surface area contributed by atoms with Gasteiger partial charge in [0.05, 0.1) is 11.5 Å². The summed E-state index contributed by atoms with van der Waals surface area (Å²) in [7, 11) is 0. The van der Waals surface area contributed by atoms with Crippen LogP contribution in [0.25, 0.3) is 0 Å². The van der Waals surface area contributed by atoms with Crippen LogP contribution in [0.3, 0.4) is 0 Å². The molecule has 0 radical (unpaired) electrons. The van der Waals surface area contributed by atoms with Gasteiger partial charge in [-0.1, -0.05) is 0 Å². The minimum atomic E-state index is -0.945. The molecule has 0 atom stereocenters. The number of nitrogens with zero attached hydrogens (tertiary/aromatic N) is 1. The van der Waals surface area contributed by atoms with Crippen molar-refractivity contribution in [2.75, 3.05) is 12.3 Å². The molecule has 86 valence electrons. The Hall–Kier alpha value is -2.18. The van der Waals surface area contributed by atoms with Crippen molar-refractivity contribution in [3.8, 4) is 0 Å². The van der Waals surface area contributed by atoms with Gasteiger partial charge in [-0.3, -0.25) is 10.1 Å². The highest BCUT2D eigenvalue weighted by Crippen LogP contribution is 2.29. The molecule has 0 saturated carbocycles. The molecule has 1 aromatic carbocycles. The SMILES string of the molecule is CCOC(=O)c1ccc(F)c(N)c1[N+](=O)[O-]. The van der Waals surface area contributed by atoms with Gasteiger partial charge in [0, 0.05) is 0 Å². The lowest BCUT2D eigenvalue weighted by molar-refractivity contribution is -0.384. The number of ether oxygens (including phenoxy) is 1. The Balaban J connectivity index is 3.34. The highest BCUT2D eigenvalue weighted by molar-refractivity contribution is 5.96. The number of halogens is 1. The van der Waals surface area contributed by atoms with E-state index in [4.69, 9.17) is 5.73 Å². The zero-order valence-electron chi connectivity index (χ0n) is 8.40. The Labute approximate surface area is 90.0 Å². The van der Waals surface area contributed by atoms with Gasteiger partial charge in [-0.25, -0.2) is 9.18 Å². The largest absolute Gasteiger partial charge is 0.462 e. The summed E-state index contributed by atoms with van der Waals surface area (Å²) >= 11 is 0. The molecular formula is C9H9FN2O4. The lowest BCUT2D eigenvalue weighted by Crippen LogP contribution is -2.10. The lowest BCUT2D eigenvalue weighted by atomic mass is 10.1. The van der Waals surface area contributed by atoms with Gasteiger partial charge in [-0.05, 0) is 19.1 Å². The van der Waals surface area contributed by atoms with E-state index in [1.54, 1.807) is 6.92 Å². The average molecular weight is 228 g/mol. The second-order valence-corrected chi connectivity index (χ2v) is 2.83. The van der Waals surface area contributed by atoms with Crippen LogP contribution in [-0.2, 0) is 4.74 Å². The van der Waals surface area contributed by atoms with E-state index in [2.05, 4.69) is 4.74 Å². The van der Waals surface area contributed by atoms with Crippen molar-refractivity contribution >= 4 is 17.3 Å². The van der Waals surface area contributed by atoms with Crippen molar-refractivity contribution < 1.29 is 18.8 Å². The zero-order chi connectivity index (χ0) is 12.3. The lowest BCUT2D eigenvalue weighted by Gasteiger charge is -2.05. The number of nitro benzene ring substituents is 1. The summed E-state index contributed by atoms with van der Waals surface area (Å²) in [6.07, 6.45) is 0. The summed E-state index contributed by atoms with van der Waals surface area (Å²) in [5.41, 5.74) is 3.40. The smallest absolute Gasteiger partial charge is 0.345 e. The van der Waals surface area contributed by atoms with Crippen LogP contribution in [0.1, 0.15) is 17.3 Å². The molecule has 2 N–H and O–H groups in total. The normalized spacial score (nSPS) is 9.88. The van der Waals surface area contributed by atoms with E-state index in [0.29, 0.717) is 0 Å². The van der Waals surface area contributed by atoms with Crippen LogP contribution < -0.4 is 5.73 Å². The molecule has 0 bridgehead atoms. The molecule has 6 nitrogen and oxygen atoms in total. The summed E-state index contributed by atoms with van der Waals surface area (Å²) in [5.74, 6) is -1.85. The first-order chi connectivity index (χ1) is 7.49. The van der Waals surface area contributed by atoms with E-state index in [0.717, 1.165) is 12.1 Å². The maximum absolute atomic E-state index is 13.0. The Morgan fingerprint density at radius 3 is 2.75 bits per heavy atom. The number of benzene rings is 1. The van der Waals surface area contributed by atoms with Gasteiger partial charge in [-0.2, -0.15) is 0 Å². The molecular weight excluding hydrogens is 219 g/mol. The molecule has 0 unspecified atom stereocenters. The summed E-state index contributed by atoms with van der Waals surface area (Å²) in [6, 6.07) is 1.86. The van der Waals surface area contributed by atoms with Crippen molar-refractivity contribution in [1.29, 1.82) is 0 Å². The fourth-order valence-corrected chi connectivity index (χ4v) is 1.15. The molecule has 0 aromatic heterocycles. The zero-order valence-corrected chi connectivity index (χ0v) is 8.40. The van der Waals surface area contributed by atoms with Crippen molar-refractivity contribution in [2.24, 2.45) is 0 Å². The van der Waals surface area contributed by atoms with Crippen LogP contribution in [0.5, 0.6) is 0 Å². The third kappa shape index (κ3) is 2.08. The average Bonchev–Trinajstić information content (AvgIpc) is 2.21. The van der Waals surface area contributed by atoms with Gasteiger partial charge < -0.3 is 10.5 Å². The molecule has 0 saturated heterocycles. The van der Waals surface area contributed by atoms with Crippen LogP contribution in [0.2, 0.25) is 0 Å². The number of esters is 1. The Kier molecular flexibility index (Phi) is 3.39. The summed E-state index contributed by atoms with van der Waals surface area (Å²) in [5, 5.41) is 10.7. The van der Waals surface area contributed by atoms with Gasteiger partial charge in [0.15, 0.2) is 5.82 Å². The molecule has 7 heteroatoms. The van der Waals surface area contributed by atoms with Crippen LogP contribution in [0.15, 0.2) is 12.1 Å². The van der Waals surface area contributed by atoms with E-state index < -0.39 is 28.1 Å². The Morgan fingerprint density at radius 1 is 1.62 bits per heavy atom. The number of nitro groups is 1. The third-order valence-corrected chi connectivity index (χ3v) is 1.84. The fourth-order valence-electron chi connectivity index (χ4n) is 1.15. The topological polar surface area (TPSA) is 95.5 Å². The molecule has 0 amide bonds. The number of carbonyl (C=O) groups is 1. The highest BCUT2D eigenvalue weighted by Gasteiger charge is 2.26. The summed E-state index contributed by atoms with van der Waals surface area (Å²) in [4.78, 5) is 21.1. The summed E-state index contributed by atoms with van der Waals surface area (Å²) in [6.45, 7) is 1.61. The quantitative estimate of drug-likeness (QED) is 0.366. The molecule has 1 aromatic rings. The first kappa shape index (κ1) is 11.9. The summed E-state index contributed by atoms with van der Waals surface area (Å²) < 4.78 is 17.6. The van der Waals surface area contributed by atoms with E-state index >= 15 is 0 Å². The van der Waals surface area contributed by atoms with E-state index in [1.807, 2.05) is 0 Å². The number of nitrogens with two attached hydrogens (primary N) is 1. The second kappa shape index (κ2) is 4.56. The van der Waals surface area contributed by atoms with Gasteiger partial charge in [0.2, 0.25) is 0 Å². The van der Waals surface area contributed by atoms with Crippen molar-refractivity contribution in [1.82, 2.24) is 0 Å². The standard InChI is InChI=1S/C9H9FN2O4/c1-2-16-9(13)5-3-4-6(10)7(11)8(5)12(14)15/h3-4H,2,11H2,1H3. The van der Waals surface area contributed by atoms with Gasteiger partial charge in [0.1, 0.15) is 11.3 Å². The molecule has 0 spiro atoms. The first-order valence-electron chi connectivity index (χ1n) is 4.38.